The number of fused-ring (bicyclic) bond motifs is 1. The van der Waals surface area contributed by atoms with Crippen LogP contribution >= 0.6 is 22.9 Å². The van der Waals surface area contributed by atoms with Gasteiger partial charge in [-0.3, -0.25) is 19.8 Å². The molecule has 162 valence electrons. The first-order valence-electron chi connectivity index (χ1n) is 10.1. The molecule has 0 atom stereocenters. The molecule has 33 heavy (non-hydrogen) atoms. The summed E-state index contributed by atoms with van der Waals surface area (Å²) >= 11 is 8.18. The van der Waals surface area contributed by atoms with Crippen molar-refractivity contribution in [1.29, 1.82) is 0 Å². The molecule has 0 saturated carbocycles. The van der Waals surface area contributed by atoms with Gasteiger partial charge in [-0.05, 0) is 42.8 Å². The van der Waals surface area contributed by atoms with E-state index in [9.17, 15) is 14.9 Å². The van der Waals surface area contributed by atoms with Crippen molar-refractivity contribution >= 4 is 62.2 Å². The third kappa shape index (κ3) is 3.71. The molecule has 0 fully saturated rings. The first-order chi connectivity index (χ1) is 15.9. The number of hydrogen-bond donors (Lipinski definition) is 0. The van der Waals surface area contributed by atoms with Crippen molar-refractivity contribution in [2.24, 2.45) is 4.99 Å². The predicted molar refractivity (Wildman–Crippen MR) is 133 cm³/mol. The van der Waals surface area contributed by atoms with Crippen LogP contribution in [-0.4, -0.2) is 16.7 Å². The fourth-order valence-electron chi connectivity index (χ4n) is 3.76. The van der Waals surface area contributed by atoms with Crippen LogP contribution < -0.4 is 4.90 Å². The summed E-state index contributed by atoms with van der Waals surface area (Å²) in [7, 11) is 0. The van der Waals surface area contributed by atoms with Gasteiger partial charge in [-0.1, -0.05) is 54.1 Å². The zero-order valence-corrected chi connectivity index (χ0v) is 18.9. The lowest BCUT2D eigenvalue weighted by atomic mass is 10.1. The average Bonchev–Trinajstić information content (AvgIpc) is 3.31. The Morgan fingerprint density at radius 2 is 1.82 bits per heavy atom. The maximum Gasteiger partial charge on any atom is 0.282 e. The van der Waals surface area contributed by atoms with Gasteiger partial charge in [-0.2, -0.15) is 0 Å². The molecule has 0 spiro atoms. The summed E-state index contributed by atoms with van der Waals surface area (Å²) < 4.78 is 0.980. The molecule has 0 saturated heterocycles. The van der Waals surface area contributed by atoms with Gasteiger partial charge in [0, 0.05) is 16.2 Å². The number of para-hydroxylation sites is 1. The fourth-order valence-corrected chi connectivity index (χ4v) is 5.25. The normalized spacial score (nSPS) is 14.8. The molecule has 1 aliphatic heterocycles. The summed E-state index contributed by atoms with van der Waals surface area (Å²) in [4.78, 5) is 31.4. The largest absolute Gasteiger partial charge is 0.282 e. The van der Waals surface area contributed by atoms with E-state index in [0.29, 0.717) is 27.0 Å². The van der Waals surface area contributed by atoms with Crippen molar-refractivity contribution in [2.75, 3.05) is 4.90 Å². The van der Waals surface area contributed by atoms with E-state index in [1.54, 1.807) is 18.2 Å². The van der Waals surface area contributed by atoms with E-state index in [1.807, 2.05) is 55.5 Å². The van der Waals surface area contributed by atoms with Gasteiger partial charge in [0.1, 0.15) is 5.70 Å². The highest BCUT2D eigenvalue weighted by molar-refractivity contribution is 7.21. The number of amidine groups is 1. The summed E-state index contributed by atoms with van der Waals surface area (Å²) in [6.07, 6.45) is 1.46. The minimum Gasteiger partial charge on any atom is -0.266 e. The average molecular weight is 474 g/mol. The van der Waals surface area contributed by atoms with E-state index in [4.69, 9.17) is 11.6 Å². The quantitative estimate of drug-likeness (QED) is 0.190. The van der Waals surface area contributed by atoms with Gasteiger partial charge in [-0.25, -0.2) is 4.99 Å². The van der Waals surface area contributed by atoms with Crippen LogP contribution in [0.4, 0.5) is 11.4 Å². The van der Waals surface area contributed by atoms with Crippen LogP contribution in [0.15, 0.2) is 83.5 Å². The summed E-state index contributed by atoms with van der Waals surface area (Å²) in [5.41, 5.74) is 1.96. The molecule has 2 heterocycles. The Kier molecular flexibility index (Phi) is 5.28. The molecule has 4 aromatic rings. The van der Waals surface area contributed by atoms with Gasteiger partial charge in [0.05, 0.1) is 26.1 Å². The topological polar surface area (TPSA) is 75.8 Å². The standard InChI is InChI=1S/C25H16ClN3O3S/c1-15-7-6-9-17(13-15)28-24(23-22(26)18-10-3-5-12-21(18)33-23)27-19(25(28)30)14-16-8-2-4-11-20(16)29(31)32/h2-14H,1H3/b19-14+. The summed E-state index contributed by atoms with van der Waals surface area (Å²) in [5.74, 6) is 0.0314. The maximum atomic E-state index is 13.5. The Balaban J connectivity index is 1.72. The molecule has 8 heteroatoms. The van der Waals surface area contributed by atoms with Crippen LogP contribution in [-0.2, 0) is 4.79 Å². The molecule has 6 nitrogen and oxygen atoms in total. The number of aryl methyl sites for hydroxylation is 1. The summed E-state index contributed by atoms with van der Waals surface area (Å²) in [5, 5.41) is 12.9. The number of nitro benzene ring substituents is 1. The molecule has 1 aromatic heterocycles. The Bertz CT molecular complexity index is 1510. The minimum absolute atomic E-state index is 0.0940. The van der Waals surface area contributed by atoms with Crippen molar-refractivity contribution in [3.05, 3.63) is 110 Å². The zero-order chi connectivity index (χ0) is 23.1. The number of halogens is 1. The number of nitrogens with zero attached hydrogens (tertiary/aromatic N) is 3. The maximum absolute atomic E-state index is 13.5. The van der Waals surface area contributed by atoms with Crippen molar-refractivity contribution in [3.63, 3.8) is 0 Å². The number of thiophene rings is 1. The van der Waals surface area contributed by atoms with E-state index >= 15 is 0 Å². The second-order valence-corrected chi connectivity index (χ2v) is 8.93. The Morgan fingerprint density at radius 1 is 1.06 bits per heavy atom. The van der Waals surface area contributed by atoms with Gasteiger partial charge in [0.2, 0.25) is 0 Å². The molecule has 0 N–H and O–H groups in total. The first-order valence-corrected chi connectivity index (χ1v) is 11.3. The number of anilines is 1. The Labute approximate surface area is 198 Å². The molecule has 0 unspecified atom stereocenters. The number of carbonyl (C=O) groups excluding carboxylic acids is 1. The van der Waals surface area contributed by atoms with Gasteiger partial charge < -0.3 is 0 Å². The number of rotatable bonds is 4. The lowest BCUT2D eigenvalue weighted by Gasteiger charge is -2.18. The minimum atomic E-state index is -0.475. The zero-order valence-electron chi connectivity index (χ0n) is 17.4. The highest BCUT2D eigenvalue weighted by Crippen LogP contribution is 2.39. The number of aliphatic imine (C=N–C) groups is 1. The van der Waals surface area contributed by atoms with Crippen LogP contribution in [0.3, 0.4) is 0 Å². The molecular formula is C25H16ClN3O3S. The molecular weight excluding hydrogens is 458 g/mol. The van der Waals surface area contributed by atoms with E-state index in [1.165, 1.54) is 28.4 Å². The fraction of sp³-hybridized carbons (Fsp3) is 0.0400. The predicted octanol–water partition coefficient (Wildman–Crippen LogP) is 6.61. The molecule has 0 aliphatic carbocycles. The van der Waals surface area contributed by atoms with Gasteiger partial charge in [0.15, 0.2) is 5.84 Å². The highest BCUT2D eigenvalue weighted by Gasteiger charge is 2.35. The summed E-state index contributed by atoms with van der Waals surface area (Å²) in [6, 6.07) is 21.5. The molecule has 3 aromatic carbocycles. The van der Waals surface area contributed by atoms with Crippen molar-refractivity contribution in [3.8, 4) is 0 Å². The van der Waals surface area contributed by atoms with Gasteiger partial charge in [0.25, 0.3) is 11.6 Å². The number of carbonyl (C=O) groups is 1. The lowest BCUT2D eigenvalue weighted by Crippen LogP contribution is -2.32. The Hall–Kier alpha value is -3.81. The van der Waals surface area contributed by atoms with Gasteiger partial charge >= 0.3 is 0 Å². The highest BCUT2D eigenvalue weighted by atomic mass is 35.5. The molecule has 0 radical (unpaired) electrons. The molecule has 0 bridgehead atoms. The monoisotopic (exact) mass is 473 g/mol. The van der Waals surface area contributed by atoms with Crippen molar-refractivity contribution in [2.45, 2.75) is 6.92 Å². The van der Waals surface area contributed by atoms with E-state index in [2.05, 4.69) is 4.99 Å². The Morgan fingerprint density at radius 3 is 2.58 bits per heavy atom. The van der Waals surface area contributed by atoms with Crippen LogP contribution in [0.25, 0.3) is 16.2 Å². The van der Waals surface area contributed by atoms with E-state index < -0.39 is 4.92 Å². The molecule has 5 rings (SSSR count). The SMILES string of the molecule is Cc1cccc(N2C(=O)/C(=C\c3ccccc3[N+](=O)[O-])N=C2c2sc3ccccc3c2Cl)c1. The number of benzene rings is 3. The third-order valence-corrected chi connectivity index (χ3v) is 6.96. The van der Waals surface area contributed by atoms with Crippen LogP contribution in [0.1, 0.15) is 16.0 Å². The third-order valence-electron chi connectivity index (χ3n) is 5.28. The first kappa shape index (κ1) is 21.1. The number of nitro groups is 1. The van der Waals surface area contributed by atoms with Crippen molar-refractivity contribution < 1.29 is 9.72 Å². The van der Waals surface area contributed by atoms with E-state index in [0.717, 1.165) is 15.6 Å². The second-order valence-electron chi connectivity index (χ2n) is 7.50. The van der Waals surface area contributed by atoms with Gasteiger partial charge in [-0.15, -0.1) is 11.3 Å². The molecule has 1 aliphatic rings. The lowest BCUT2D eigenvalue weighted by molar-refractivity contribution is -0.385. The van der Waals surface area contributed by atoms with E-state index in [-0.39, 0.29) is 17.3 Å². The number of hydrogen-bond acceptors (Lipinski definition) is 5. The number of amides is 1. The smallest absolute Gasteiger partial charge is 0.266 e. The second kappa shape index (κ2) is 8.27. The van der Waals surface area contributed by atoms with Crippen LogP contribution in [0.5, 0.6) is 0 Å². The van der Waals surface area contributed by atoms with Crippen LogP contribution in [0, 0.1) is 17.0 Å². The van der Waals surface area contributed by atoms with Crippen LogP contribution in [0.2, 0.25) is 5.02 Å². The van der Waals surface area contributed by atoms with Crippen molar-refractivity contribution in [1.82, 2.24) is 0 Å². The molecule has 1 amide bonds. The summed E-state index contributed by atoms with van der Waals surface area (Å²) in [6.45, 7) is 1.94.